The van der Waals surface area contributed by atoms with Crippen LogP contribution in [-0.2, 0) is 5.41 Å². The van der Waals surface area contributed by atoms with Gasteiger partial charge >= 0.3 is 0 Å². The molecule has 0 aliphatic heterocycles. The molecular formula is C21H30NOP. The summed E-state index contributed by atoms with van der Waals surface area (Å²) in [5.74, 6) is 1.84. The Kier molecular flexibility index (Phi) is 6.40. The molecule has 1 fully saturated rings. The maximum atomic E-state index is 5.34. The first-order valence-corrected chi connectivity index (χ1v) is 9.40. The highest BCUT2D eigenvalue weighted by molar-refractivity contribution is 7.21. The van der Waals surface area contributed by atoms with Gasteiger partial charge in [0.05, 0.1) is 0 Å². The molecule has 0 unspecified atom stereocenters. The van der Waals surface area contributed by atoms with Gasteiger partial charge in [0.2, 0.25) is 0 Å². The van der Waals surface area contributed by atoms with E-state index in [1.807, 2.05) is 13.0 Å². The molecule has 2 aromatic rings. The fourth-order valence-corrected chi connectivity index (χ4v) is 2.97. The molecule has 130 valence electrons. The minimum atomic E-state index is 0.172. The van der Waals surface area contributed by atoms with Crippen LogP contribution >= 0.6 is 8.86 Å². The third-order valence-corrected chi connectivity index (χ3v) is 4.83. The molecule has 3 rings (SSSR count). The second-order valence-corrected chi connectivity index (χ2v) is 8.67. The van der Waals surface area contributed by atoms with Crippen molar-refractivity contribution in [3.63, 3.8) is 0 Å². The smallest absolute Gasteiger partial charge is 0.167 e. The van der Waals surface area contributed by atoms with Crippen molar-refractivity contribution in [2.24, 2.45) is 5.92 Å². The van der Waals surface area contributed by atoms with E-state index in [0.29, 0.717) is 0 Å². The van der Waals surface area contributed by atoms with Crippen molar-refractivity contribution in [3.8, 4) is 11.3 Å². The minimum Gasteiger partial charge on any atom is -0.356 e. The molecule has 1 saturated carbocycles. The third kappa shape index (κ3) is 5.31. The summed E-state index contributed by atoms with van der Waals surface area (Å²) >= 11 is 0. The van der Waals surface area contributed by atoms with Crippen LogP contribution in [0.5, 0.6) is 0 Å². The monoisotopic (exact) mass is 343 g/mol. The Hall–Kier alpha value is -1.40. The van der Waals surface area contributed by atoms with Crippen molar-refractivity contribution in [1.82, 2.24) is 5.16 Å². The van der Waals surface area contributed by atoms with Crippen LogP contribution < -0.4 is 0 Å². The van der Waals surface area contributed by atoms with Crippen LogP contribution in [0.3, 0.4) is 0 Å². The van der Waals surface area contributed by atoms with Crippen molar-refractivity contribution in [2.75, 3.05) is 0 Å². The van der Waals surface area contributed by atoms with Gasteiger partial charge in [-0.25, -0.2) is 0 Å². The first-order valence-electron chi connectivity index (χ1n) is 8.90. The molecule has 2 nitrogen and oxygen atoms in total. The molecule has 1 aromatic carbocycles. The van der Waals surface area contributed by atoms with Gasteiger partial charge in [-0.2, -0.15) is 0 Å². The summed E-state index contributed by atoms with van der Waals surface area (Å²) in [6, 6.07) is 10.4. The lowest BCUT2D eigenvalue weighted by atomic mass is 9.86. The Morgan fingerprint density at radius 2 is 1.71 bits per heavy atom. The van der Waals surface area contributed by atoms with Crippen molar-refractivity contribution in [1.29, 1.82) is 0 Å². The molecule has 0 atom stereocenters. The average Bonchev–Trinajstić information content (AvgIpc) is 3.18. The van der Waals surface area contributed by atoms with Gasteiger partial charge in [0.1, 0.15) is 5.69 Å². The molecule has 0 saturated heterocycles. The minimum absolute atomic E-state index is 0.172. The predicted molar refractivity (Wildman–Crippen MR) is 106 cm³/mol. The number of rotatable bonds is 2. The van der Waals surface area contributed by atoms with Crippen LogP contribution in [0.15, 0.2) is 34.9 Å². The molecule has 1 aromatic heterocycles. The summed E-state index contributed by atoms with van der Waals surface area (Å²) in [6.07, 6.45) is 5.95. The van der Waals surface area contributed by atoms with Gasteiger partial charge in [-0.15, -0.1) is 8.86 Å². The van der Waals surface area contributed by atoms with E-state index < -0.39 is 0 Å². The van der Waals surface area contributed by atoms with Gasteiger partial charge < -0.3 is 4.52 Å². The fourth-order valence-electron chi connectivity index (χ4n) is 2.85. The maximum absolute atomic E-state index is 5.34. The number of aromatic nitrogens is 1. The first kappa shape index (κ1) is 18.9. The average molecular weight is 343 g/mol. The highest BCUT2D eigenvalue weighted by Gasteiger charge is 2.14. The lowest BCUT2D eigenvalue weighted by Crippen LogP contribution is -2.10. The summed E-state index contributed by atoms with van der Waals surface area (Å²) in [6.45, 7) is 10.9. The van der Waals surface area contributed by atoms with E-state index >= 15 is 0 Å². The quantitative estimate of drug-likeness (QED) is 0.580. The van der Waals surface area contributed by atoms with Crippen molar-refractivity contribution in [3.05, 3.63) is 41.6 Å². The standard InChI is InChI=1S/C15H18NOP.C6H12/c1-10(18)13-9-14(17-16-13)11-5-7-12(8-6-11)15(2,3)4;1-6-4-2-3-5-6/h5-9,18H,1-4H3;6H,2-5H2,1H3. The van der Waals surface area contributed by atoms with E-state index in [1.165, 1.54) is 31.2 Å². The zero-order valence-corrected chi connectivity index (χ0v) is 16.6. The molecule has 1 heterocycles. The van der Waals surface area contributed by atoms with Gasteiger partial charge in [-0.1, -0.05) is 82.8 Å². The van der Waals surface area contributed by atoms with Gasteiger partial charge in [0, 0.05) is 11.6 Å². The molecule has 0 radical (unpaired) electrons. The third-order valence-electron chi connectivity index (χ3n) is 4.57. The van der Waals surface area contributed by atoms with E-state index in [1.54, 1.807) is 0 Å². The number of benzene rings is 1. The Bertz CT molecular complexity index is 658. The zero-order chi connectivity index (χ0) is 17.7. The second kappa shape index (κ2) is 8.12. The summed E-state index contributed by atoms with van der Waals surface area (Å²) < 4.78 is 5.34. The molecule has 0 bridgehead atoms. The number of nitrogens with zero attached hydrogens (tertiary/aromatic N) is 1. The van der Waals surface area contributed by atoms with Crippen LogP contribution in [0.2, 0.25) is 0 Å². The highest BCUT2D eigenvalue weighted by atomic mass is 31.0. The molecule has 0 amide bonds. The first-order chi connectivity index (χ1) is 11.3. The summed E-state index contributed by atoms with van der Waals surface area (Å²) in [7, 11) is 3.45. The SMILES string of the molecule is CC(=P)c1cc(-c2ccc(C(C)(C)C)cc2)on1.CC1CCCC1. The Labute approximate surface area is 148 Å². The van der Waals surface area contributed by atoms with Gasteiger partial charge in [0.15, 0.2) is 5.76 Å². The molecule has 3 heteroatoms. The van der Waals surface area contributed by atoms with Crippen molar-refractivity contribution < 1.29 is 4.52 Å². The van der Waals surface area contributed by atoms with Crippen molar-refractivity contribution in [2.45, 2.75) is 65.7 Å². The summed E-state index contributed by atoms with van der Waals surface area (Å²) in [4.78, 5) is 0. The number of hydrogen-bond acceptors (Lipinski definition) is 2. The Morgan fingerprint density at radius 1 is 1.12 bits per heavy atom. The van der Waals surface area contributed by atoms with Crippen LogP contribution in [0, 0.1) is 5.92 Å². The topological polar surface area (TPSA) is 26.0 Å². The largest absolute Gasteiger partial charge is 0.356 e. The lowest BCUT2D eigenvalue weighted by molar-refractivity contribution is 0.431. The molecular weight excluding hydrogens is 313 g/mol. The molecule has 0 N–H and O–H groups in total. The van der Waals surface area contributed by atoms with Gasteiger partial charge in [0.25, 0.3) is 0 Å². The van der Waals surface area contributed by atoms with Crippen molar-refractivity contribution >= 4 is 14.2 Å². The fraction of sp³-hybridized carbons (Fsp3) is 0.524. The Morgan fingerprint density at radius 3 is 2.08 bits per heavy atom. The van der Waals surface area contributed by atoms with Crippen LogP contribution in [0.1, 0.15) is 71.6 Å². The molecule has 0 spiro atoms. The molecule has 1 aliphatic rings. The number of hydrogen-bond donors (Lipinski definition) is 0. The Balaban J connectivity index is 0.000000292. The van der Waals surface area contributed by atoms with E-state index in [9.17, 15) is 0 Å². The molecule has 1 aliphatic carbocycles. The summed E-state index contributed by atoms with van der Waals surface area (Å²) in [5, 5.41) is 4.97. The summed E-state index contributed by atoms with van der Waals surface area (Å²) in [5.41, 5.74) is 3.37. The van der Waals surface area contributed by atoms with E-state index in [4.69, 9.17) is 4.52 Å². The normalized spacial score (nSPS) is 15.0. The van der Waals surface area contributed by atoms with E-state index in [2.05, 4.69) is 66.0 Å². The van der Waals surface area contributed by atoms with Gasteiger partial charge in [-0.05, 0) is 29.1 Å². The zero-order valence-electron chi connectivity index (χ0n) is 15.6. The van der Waals surface area contributed by atoms with Crippen LogP contribution in [0.4, 0.5) is 0 Å². The van der Waals surface area contributed by atoms with Crippen LogP contribution in [-0.4, -0.2) is 10.5 Å². The van der Waals surface area contributed by atoms with E-state index in [-0.39, 0.29) is 5.41 Å². The second-order valence-electron chi connectivity index (χ2n) is 7.92. The maximum Gasteiger partial charge on any atom is 0.167 e. The predicted octanol–water partition coefficient (Wildman–Crippen LogP) is 6.52. The highest BCUT2D eigenvalue weighted by Crippen LogP contribution is 2.26. The molecule has 24 heavy (non-hydrogen) atoms. The van der Waals surface area contributed by atoms with Crippen LogP contribution in [0.25, 0.3) is 11.3 Å². The lowest BCUT2D eigenvalue weighted by Gasteiger charge is -2.18. The van der Waals surface area contributed by atoms with E-state index in [0.717, 1.165) is 28.2 Å². The van der Waals surface area contributed by atoms with Gasteiger partial charge in [-0.3, -0.25) is 0 Å².